The highest BCUT2D eigenvalue weighted by Gasteiger charge is 2.13. The molecule has 0 bridgehead atoms. The Hall–Kier alpha value is -2.49. The van der Waals surface area contributed by atoms with Gasteiger partial charge in [-0.2, -0.15) is 0 Å². The second-order valence-electron chi connectivity index (χ2n) is 5.05. The number of rotatable bonds is 7. The van der Waals surface area contributed by atoms with Crippen LogP contribution >= 0.6 is 0 Å². The monoisotopic (exact) mass is 299 g/mol. The van der Waals surface area contributed by atoms with Gasteiger partial charge in [0.2, 0.25) is 0 Å². The third kappa shape index (κ3) is 4.01. The SMILES string of the molecule is CCCCCOc1ccc(/C(=N\O)c2ccccc2)c(O)c1. The highest BCUT2D eigenvalue weighted by Crippen LogP contribution is 2.26. The molecule has 0 atom stereocenters. The van der Waals surface area contributed by atoms with Crippen LogP contribution in [0.2, 0.25) is 0 Å². The summed E-state index contributed by atoms with van der Waals surface area (Å²) < 4.78 is 5.60. The van der Waals surface area contributed by atoms with E-state index < -0.39 is 0 Å². The molecule has 22 heavy (non-hydrogen) atoms. The quantitative estimate of drug-likeness (QED) is 0.349. The van der Waals surface area contributed by atoms with Crippen molar-refractivity contribution in [3.63, 3.8) is 0 Å². The van der Waals surface area contributed by atoms with E-state index in [-0.39, 0.29) is 5.75 Å². The van der Waals surface area contributed by atoms with Gasteiger partial charge in [0.15, 0.2) is 0 Å². The number of benzene rings is 2. The van der Waals surface area contributed by atoms with Crippen LogP contribution in [0.4, 0.5) is 0 Å². The predicted octanol–water partition coefficient (Wildman–Crippen LogP) is 4.19. The number of hydrogen-bond acceptors (Lipinski definition) is 4. The second-order valence-corrected chi connectivity index (χ2v) is 5.05. The molecule has 2 rings (SSSR count). The van der Waals surface area contributed by atoms with Crippen LogP contribution < -0.4 is 4.74 Å². The number of phenolic OH excluding ortho intramolecular Hbond substituents is 1. The minimum absolute atomic E-state index is 0.0321. The zero-order valence-corrected chi connectivity index (χ0v) is 12.7. The number of hydrogen-bond donors (Lipinski definition) is 2. The van der Waals surface area contributed by atoms with Crippen LogP contribution in [0.1, 0.15) is 37.3 Å². The molecule has 2 aromatic carbocycles. The first-order chi connectivity index (χ1) is 10.8. The maximum Gasteiger partial charge on any atom is 0.128 e. The Morgan fingerprint density at radius 2 is 1.86 bits per heavy atom. The number of ether oxygens (including phenoxy) is 1. The van der Waals surface area contributed by atoms with Crippen molar-refractivity contribution >= 4 is 5.71 Å². The first kappa shape index (κ1) is 15.9. The molecule has 0 aliphatic rings. The van der Waals surface area contributed by atoms with Gasteiger partial charge >= 0.3 is 0 Å². The summed E-state index contributed by atoms with van der Waals surface area (Å²) in [5, 5.41) is 22.8. The molecule has 4 heteroatoms. The van der Waals surface area contributed by atoms with Gasteiger partial charge in [-0.3, -0.25) is 0 Å². The lowest BCUT2D eigenvalue weighted by molar-refractivity contribution is 0.304. The van der Waals surface area contributed by atoms with Crippen molar-refractivity contribution in [1.82, 2.24) is 0 Å². The summed E-state index contributed by atoms with van der Waals surface area (Å²) in [6.45, 7) is 2.77. The fraction of sp³-hybridized carbons (Fsp3) is 0.278. The van der Waals surface area contributed by atoms with Gasteiger partial charge in [-0.15, -0.1) is 0 Å². The predicted molar refractivity (Wildman–Crippen MR) is 87.0 cm³/mol. The zero-order valence-electron chi connectivity index (χ0n) is 12.7. The van der Waals surface area contributed by atoms with Gasteiger partial charge in [-0.1, -0.05) is 55.3 Å². The summed E-state index contributed by atoms with van der Waals surface area (Å²) in [6.07, 6.45) is 3.26. The van der Waals surface area contributed by atoms with E-state index in [0.717, 1.165) is 24.8 Å². The minimum Gasteiger partial charge on any atom is -0.507 e. The molecule has 2 aromatic rings. The van der Waals surface area contributed by atoms with Crippen LogP contribution in [0, 0.1) is 0 Å². The van der Waals surface area contributed by atoms with Gasteiger partial charge in [0.1, 0.15) is 17.2 Å². The summed E-state index contributed by atoms with van der Waals surface area (Å²) in [5.41, 5.74) is 1.53. The van der Waals surface area contributed by atoms with Crippen LogP contribution in [0.3, 0.4) is 0 Å². The number of nitrogens with zero attached hydrogens (tertiary/aromatic N) is 1. The Balaban J connectivity index is 2.15. The van der Waals surface area contributed by atoms with E-state index in [9.17, 15) is 10.3 Å². The minimum atomic E-state index is 0.0321. The standard InChI is InChI=1S/C18H21NO3/c1-2-3-7-12-22-15-10-11-16(17(20)13-15)18(19-21)14-8-5-4-6-9-14/h4-6,8-11,13,20-21H,2-3,7,12H2,1H3/b19-18-. The lowest BCUT2D eigenvalue weighted by Gasteiger charge is -2.10. The Morgan fingerprint density at radius 1 is 1.09 bits per heavy atom. The second kappa shape index (κ2) is 8.08. The fourth-order valence-electron chi connectivity index (χ4n) is 2.21. The van der Waals surface area contributed by atoms with Gasteiger partial charge in [0.25, 0.3) is 0 Å². The third-order valence-electron chi connectivity index (χ3n) is 3.39. The summed E-state index contributed by atoms with van der Waals surface area (Å²) in [7, 11) is 0. The van der Waals surface area contributed by atoms with E-state index >= 15 is 0 Å². The van der Waals surface area contributed by atoms with Crippen LogP contribution in [-0.4, -0.2) is 22.6 Å². The molecule has 0 spiro atoms. The topological polar surface area (TPSA) is 62.0 Å². The third-order valence-corrected chi connectivity index (χ3v) is 3.39. The molecule has 0 aromatic heterocycles. The molecule has 0 radical (unpaired) electrons. The van der Waals surface area contributed by atoms with Crippen LogP contribution in [-0.2, 0) is 0 Å². The molecule has 2 N–H and O–H groups in total. The van der Waals surface area contributed by atoms with Crippen molar-refractivity contribution in [1.29, 1.82) is 0 Å². The Labute approximate surface area is 130 Å². The van der Waals surface area contributed by atoms with Crippen molar-refractivity contribution in [2.24, 2.45) is 5.16 Å². The van der Waals surface area contributed by atoms with Crippen molar-refractivity contribution in [3.05, 3.63) is 59.7 Å². The molecule has 0 saturated heterocycles. The number of oxime groups is 1. The van der Waals surface area contributed by atoms with Gasteiger partial charge in [0.05, 0.1) is 6.61 Å². The van der Waals surface area contributed by atoms with Crippen molar-refractivity contribution in [2.45, 2.75) is 26.2 Å². The van der Waals surface area contributed by atoms with Gasteiger partial charge in [0, 0.05) is 17.2 Å². The molecule has 0 saturated carbocycles. The van der Waals surface area contributed by atoms with Crippen molar-refractivity contribution in [2.75, 3.05) is 6.61 Å². The molecule has 0 aliphatic heterocycles. The Kier molecular flexibility index (Phi) is 5.83. The van der Waals surface area contributed by atoms with E-state index in [1.54, 1.807) is 18.2 Å². The van der Waals surface area contributed by atoms with E-state index in [1.165, 1.54) is 0 Å². The molecule has 0 amide bonds. The average Bonchev–Trinajstić information content (AvgIpc) is 2.55. The van der Waals surface area contributed by atoms with Crippen LogP contribution in [0.5, 0.6) is 11.5 Å². The lowest BCUT2D eigenvalue weighted by Crippen LogP contribution is -2.04. The van der Waals surface area contributed by atoms with Gasteiger partial charge in [-0.05, 0) is 18.6 Å². The fourth-order valence-corrected chi connectivity index (χ4v) is 2.21. The molecule has 0 unspecified atom stereocenters. The largest absolute Gasteiger partial charge is 0.507 e. The first-order valence-corrected chi connectivity index (χ1v) is 7.50. The highest BCUT2D eigenvalue weighted by molar-refractivity contribution is 6.14. The van der Waals surface area contributed by atoms with E-state index in [0.29, 0.717) is 23.6 Å². The molecular weight excluding hydrogens is 278 g/mol. The molecule has 0 heterocycles. The smallest absolute Gasteiger partial charge is 0.128 e. The summed E-state index contributed by atoms with van der Waals surface area (Å²) in [5.74, 6) is 0.646. The normalized spacial score (nSPS) is 11.4. The maximum atomic E-state index is 10.2. The molecule has 116 valence electrons. The summed E-state index contributed by atoms with van der Waals surface area (Å²) in [6, 6.07) is 14.3. The van der Waals surface area contributed by atoms with Gasteiger partial charge in [-0.25, -0.2) is 0 Å². The summed E-state index contributed by atoms with van der Waals surface area (Å²) >= 11 is 0. The Bertz CT molecular complexity index is 623. The van der Waals surface area contributed by atoms with Crippen molar-refractivity contribution < 1.29 is 15.1 Å². The molecular formula is C18H21NO3. The van der Waals surface area contributed by atoms with Crippen LogP contribution in [0.15, 0.2) is 53.7 Å². The zero-order chi connectivity index (χ0) is 15.8. The van der Waals surface area contributed by atoms with E-state index in [1.807, 2.05) is 30.3 Å². The van der Waals surface area contributed by atoms with Crippen molar-refractivity contribution in [3.8, 4) is 11.5 Å². The average molecular weight is 299 g/mol. The molecule has 0 aliphatic carbocycles. The summed E-state index contributed by atoms with van der Waals surface area (Å²) in [4.78, 5) is 0. The lowest BCUT2D eigenvalue weighted by atomic mass is 10.0. The maximum absolute atomic E-state index is 10.2. The van der Waals surface area contributed by atoms with E-state index in [2.05, 4.69) is 12.1 Å². The number of phenols is 1. The number of unbranched alkanes of at least 4 members (excludes halogenated alkanes) is 2. The Morgan fingerprint density at radius 3 is 2.50 bits per heavy atom. The molecule has 0 fully saturated rings. The highest BCUT2D eigenvalue weighted by atomic mass is 16.5. The van der Waals surface area contributed by atoms with Gasteiger partial charge < -0.3 is 15.1 Å². The van der Waals surface area contributed by atoms with E-state index in [4.69, 9.17) is 4.74 Å². The van der Waals surface area contributed by atoms with Crippen LogP contribution in [0.25, 0.3) is 0 Å². The first-order valence-electron chi connectivity index (χ1n) is 7.50. The molecule has 4 nitrogen and oxygen atoms in total. The number of aromatic hydroxyl groups is 1.